The highest BCUT2D eigenvalue weighted by Crippen LogP contribution is 2.31. The molecular formula is C14H9F3N2O2. The van der Waals surface area contributed by atoms with Gasteiger partial charge >= 0.3 is 6.03 Å². The molecule has 0 heterocycles. The van der Waals surface area contributed by atoms with Gasteiger partial charge in [0.15, 0.2) is 17.5 Å². The third kappa shape index (κ3) is 2.71. The summed E-state index contributed by atoms with van der Waals surface area (Å²) in [7, 11) is 0. The van der Waals surface area contributed by atoms with Gasteiger partial charge in [-0.3, -0.25) is 9.69 Å². The normalized spacial score (nSPS) is 10.2. The van der Waals surface area contributed by atoms with Gasteiger partial charge in [-0.25, -0.2) is 18.0 Å². The number of amides is 2. The molecule has 4 nitrogen and oxygen atoms in total. The van der Waals surface area contributed by atoms with Crippen molar-refractivity contribution in [3.8, 4) is 0 Å². The number of nitrogens with zero attached hydrogens (tertiary/aromatic N) is 1. The molecule has 7 heteroatoms. The lowest BCUT2D eigenvalue weighted by molar-refractivity contribution is 0.112. The van der Waals surface area contributed by atoms with Crippen molar-refractivity contribution >= 4 is 23.7 Å². The molecule has 0 aliphatic heterocycles. The molecule has 0 aromatic heterocycles. The molecule has 0 radical (unpaired) electrons. The number of halogens is 3. The minimum atomic E-state index is -1.55. The van der Waals surface area contributed by atoms with Crippen LogP contribution in [0.25, 0.3) is 0 Å². The van der Waals surface area contributed by atoms with Crippen molar-refractivity contribution in [3.63, 3.8) is 0 Å². The maximum Gasteiger partial charge on any atom is 0.324 e. The second-order valence-electron chi connectivity index (χ2n) is 4.08. The van der Waals surface area contributed by atoms with E-state index in [4.69, 9.17) is 5.73 Å². The number of benzene rings is 2. The SMILES string of the molecule is NC(=O)N(c1cccc(C=O)c1)c1c(F)ccc(F)c1F. The summed E-state index contributed by atoms with van der Waals surface area (Å²) in [5.74, 6) is -4.04. The first-order valence-electron chi connectivity index (χ1n) is 5.74. The van der Waals surface area contributed by atoms with Crippen molar-refractivity contribution in [2.45, 2.75) is 0 Å². The highest BCUT2D eigenvalue weighted by molar-refractivity contribution is 5.99. The first-order chi connectivity index (χ1) is 9.95. The Balaban J connectivity index is 2.67. The zero-order valence-electron chi connectivity index (χ0n) is 10.5. The summed E-state index contributed by atoms with van der Waals surface area (Å²) in [5.41, 5.74) is 4.29. The van der Waals surface area contributed by atoms with Gasteiger partial charge in [0.05, 0.1) is 5.69 Å². The molecule has 2 amide bonds. The van der Waals surface area contributed by atoms with Gasteiger partial charge in [-0.05, 0) is 24.3 Å². The number of carbonyl (C=O) groups is 2. The predicted molar refractivity (Wildman–Crippen MR) is 69.9 cm³/mol. The summed E-state index contributed by atoms with van der Waals surface area (Å²) < 4.78 is 40.9. The Morgan fingerprint density at radius 3 is 2.38 bits per heavy atom. The Kier molecular flexibility index (Phi) is 3.93. The van der Waals surface area contributed by atoms with Gasteiger partial charge in [0.25, 0.3) is 0 Å². The molecular weight excluding hydrogens is 285 g/mol. The number of urea groups is 1. The topological polar surface area (TPSA) is 63.4 Å². The number of aldehydes is 1. The van der Waals surface area contributed by atoms with E-state index in [0.717, 1.165) is 0 Å². The molecule has 108 valence electrons. The van der Waals surface area contributed by atoms with Crippen molar-refractivity contribution < 1.29 is 22.8 Å². The standard InChI is InChI=1S/C14H9F3N2O2/c15-10-4-5-11(16)13(12(10)17)19(14(18)21)9-3-1-2-8(6-9)7-20/h1-7H,(H2,18,21). The summed E-state index contributed by atoms with van der Waals surface area (Å²) in [6.45, 7) is 0. The van der Waals surface area contributed by atoms with Gasteiger partial charge in [-0.2, -0.15) is 0 Å². The van der Waals surface area contributed by atoms with E-state index in [-0.39, 0.29) is 11.3 Å². The van der Waals surface area contributed by atoms with Gasteiger partial charge in [0.1, 0.15) is 12.0 Å². The van der Waals surface area contributed by atoms with E-state index in [2.05, 4.69) is 0 Å². The van der Waals surface area contributed by atoms with Crippen LogP contribution < -0.4 is 10.6 Å². The Labute approximate surface area is 117 Å². The molecule has 0 fully saturated rings. The van der Waals surface area contributed by atoms with Crippen molar-refractivity contribution in [1.82, 2.24) is 0 Å². The van der Waals surface area contributed by atoms with Crippen LogP contribution in [-0.2, 0) is 0 Å². The molecule has 0 bridgehead atoms. The van der Waals surface area contributed by atoms with Gasteiger partial charge in [0.2, 0.25) is 0 Å². The van der Waals surface area contributed by atoms with E-state index >= 15 is 0 Å². The molecule has 0 aliphatic carbocycles. The largest absolute Gasteiger partial charge is 0.351 e. The van der Waals surface area contributed by atoms with Crippen LogP contribution in [0.1, 0.15) is 10.4 Å². The van der Waals surface area contributed by atoms with Crippen LogP contribution in [0.2, 0.25) is 0 Å². The van der Waals surface area contributed by atoms with E-state index in [9.17, 15) is 22.8 Å². The summed E-state index contributed by atoms with van der Waals surface area (Å²) in [6, 6.07) is 5.37. The minimum absolute atomic E-state index is 0.0597. The van der Waals surface area contributed by atoms with Gasteiger partial charge in [-0.15, -0.1) is 0 Å². The number of carbonyl (C=O) groups excluding carboxylic acids is 2. The van der Waals surface area contributed by atoms with Crippen LogP contribution in [-0.4, -0.2) is 12.3 Å². The van der Waals surface area contributed by atoms with Gasteiger partial charge in [-0.1, -0.05) is 12.1 Å². The van der Waals surface area contributed by atoms with Crippen LogP contribution in [0.15, 0.2) is 36.4 Å². The molecule has 0 saturated heterocycles. The Hall–Kier alpha value is -2.83. The lowest BCUT2D eigenvalue weighted by atomic mass is 10.1. The molecule has 2 aromatic carbocycles. The average molecular weight is 294 g/mol. The third-order valence-corrected chi connectivity index (χ3v) is 2.73. The molecule has 21 heavy (non-hydrogen) atoms. The van der Waals surface area contributed by atoms with Crippen molar-refractivity contribution in [2.24, 2.45) is 5.73 Å². The summed E-state index contributed by atoms with van der Waals surface area (Å²) >= 11 is 0. The number of anilines is 2. The van der Waals surface area contributed by atoms with E-state index in [0.29, 0.717) is 23.3 Å². The molecule has 2 aromatic rings. The third-order valence-electron chi connectivity index (χ3n) is 2.73. The highest BCUT2D eigenvalue weighted by atomic mass is 19.2. The number of primary amides is 1. The molecule has 0 atom stereocenters. The first kappa shape index (κ1) is 14.6. The summed E-state index contributed by atoms with van der Waals surface area (Å²) in [5, 5.41) is 0. The van der Waals surface area contributed by atoms with E-state index in [1.165, 1.54) is 24.3 Å². The Morgan fingerprint density at radius 1 is 1.10 bits per heavy atom. The number of hydrogen-bond acceptors (Lipinski definition) is 2. The number of nitrogens with two attached hydrogens (primary N) is 1. The fourth-order valence-corrected chi connectivity index (χ4v) is 1.83. The average Bonchev–Trinajstić information content (AvgIpc) is 2.47. The van der Waals surface area contributed by atoms with Crippen LogP contribution in [0, 0.1) is 17.5 Å². The second-order valence-corrected chi connectivity index (χ2v) is 4.08. The lowest BCUT2D eigenvalue weighted by Gasteiger charge is -2.22. The molecule has 0 spiro atoms. The monoisotopic (exact) mass is 294 g/mol. The molecule has 0 saturated carbocycles. The summed E-state index contributed by atoms with van der Waals surface area (Å²) in [4.78, 5) is 22.7. The molecule has 2 N–H and O–H groups in total. The lowest BCUT2D eigenvalue weighted by Crippen LogP contribution is -2.33. The zero-order valence-corrected chi connectivity index (χ0v) is 10.5. The second kappa shape index (κ2) is 5.66. The smallest absolute Gasteiger partial charge is 0.324 e. The van der Waals surface area contributed by atoms with Gasteiger partial charge < -0.3 is 5.73 Å². The Bertz CT molecular complexity index is 719. The van der Waals surface area contributed by atoms with E-state index in [1.807, 2.05) is 0 Å². The van der Waals surface area contributed by atoms with Crippen LogP contribution in [0.4, 0.5) is 29.3 Å². The van der Waals surface area contributed by atoms with Crippen LogP contribution in [0.3, 0.4) is 0 Å². The van der Waals surface area contributed by atoms with Crippen LogP contribution in [0.5, 0.6) is 0 Å². The van der Waals surface area contributed by atoms with Crippen molar-refractivity contribution in [2.75, 3.05) is 4.90 Å². The molecule has 0 aliphatic rings. The number of rotatable bonds is 3. The first-order valence-corrected chi connectivity index (χ1v) is 5.74. The van der Waals surface area contributed by atoms with Gasteiger partial charge in [0, 0.05) is 5.56 Å². The van der Waals surface area contributed by atoms with E-state index in [1.54, 1.807) is 0 Å². The fourth-order valence-electron chi connectivity index (χ4n) is 1.83. The van der Waals surface area contributed by atoms with E-state index < -0.39 is 29.2 Å². The minimum Gasteiger partial charge on any atom is -0.351 e. The molecule has 2 rings (SSSR count). The van der Waals surface area contributed by atoms with Crippen molar-refractivity contribution in [3.05, 3.63) is 59.4 Å². The van der Waals surface area contributed by atoms with Crippen LogP contribution >= 0.6 is 0 Å². The highest BCUT2D eigenvalue weighted by Gasteiger charge is 2.25. The fraction of sp³-hybridized carbons (Fsp3) is 0. The molecule has 0 unspecified atom stereocenters. The van der Waals surface area contributed by atoms with Crippen molar-refractivity contribution in [1.29, 1.82) is 0 Å². The predicted octanol–water partition coefficient (Wildman–Crippen LogP) is 3.13. The Morgan fingerprint density at radius 2 is 1.76 bits per heavy atom. The maximum atomic E-state index is 13.8. The number of hydrogen-bond donors (Lipinski definition) is 1. The maximum absolute atomic E-state index is 13.8. The quantitative estimate of drug-likeness (QED) is 0.698. The summed E-state index contributed by atoms with van der Waals surface area (Å²) in [6.07, 6.45) is 0.487. The zero-order chi connectivity index (χ0) is 15.6.